The molecule has 34 heavy (non-hydrogen) atoms. The average molecular weight is 460 g/mol. The molecule has 178 valence electrons. The molecular weight excluding hydrogens is 425 g/mol. The normalized spacial score (nSPS) is 15.3. The summed E-state index contributed by atoms with van der Waals surface area (Å²) in [4.78, 5) is 13.5. The Balaban J connectivity index is 1.61. The van der Waals surface area contributed by atoms with E-state index in [9.17, 15) is 14.3 Å². The first-order chi connectivity index (χ1) is 16.4. The lowest BCUT2D eigenvalue weighted by Gasteiger charge is -2.26. The van der Waals surface area contributed by atoms with Gasteiger partial charge in [0, 0.05) is 5.56 Å². The Kier molecular flexibility index (Phi) is 7.79. The van der Waals surface area contributed by atoms with E-state index in [-0.39, 0.29) is 11.7 Å². The van der Waals surface area contributed by atoms with Gasteiger partial charge in [-0.25, -0.2) is 4.39 Å². The minimum Gasteiger partial charge on any atom is -0.386 e. The number of amides is 1. The number of carbonyl (C=O) groups excluding carboxylic acids is 1. The molecule has 2 unspecified atom stereocenters. The second-order valence-corrected chi connectivity index (χ2v) is 9.68. The van der Waals surface area contributed by atoms with E-state index in [2.05, 4.69) is 49.5 Å². The lowest BCUT2D eigenvalue weighted by atomic mass is 9.93. The highest BCUT2D eigenvalue weighted by atomic mass is 19.1. The maximum atomic E-state index is 13.5. The lowest BCUT2D eigenvalue weighted by molar-refractivity contribution is 0.0831. The van der Waals surface area contributed by atoms with Crippen molar-refractivity contribution in [2.75, 3.05) is 0 Å². The molecule has 4 rings (SSSR count). The first-order valence-electron chi connectivity index (χ1n) is 12.4. The van der Waals surface area contributed by atoms with Gasteiger partial charge in [-0.05, 0) is 84.0 Å². The van der Waals surface area contributed by atoms with Crippen LogP contribution in [0.2, 0.25) is 0 Å². The molecule has 0 saturated heterocycles. The molecule has 0 aliphatic heterocycles. The maximum absolute atomic E-state index is 13.5. The van der Waals surface area contributed by atoms with Crippen LogP contribution < -0.4 is 5.32 Å². The molecule has 0 saturated carbocycles. The Morgan fingerprint density at radius 1 is 0.912 bits per heavy atom. The zero-order valence-corrected chi connectivity index (χ0v) is 20.1. The number of aliphatic hydroxyl groups is 1. The number of benzene rings is 3. The van der Waals surface area contributed by atoms with Gasteiger partial charge in [-0.15, -0.1) is 0 Å². The van der Waals surface area contributed by atoms with Gasteiger partial charge in [0.1, 0.15) is 5.82 Å². The van der Waals surface area contributed by atoms with E-state index in [0.717, 1.165) is 36.8 Å². The summed E-state index contributed by atoms with van der Waals surface area (Å²) in [5.41, 5.74) is 5.94. The van der Waals surface area contributed by atoms with E-state index in [1.54, 1.807) is 12.1 Å². The molecule has 2 atom stereocenters. The molecule has 4 heteroatoms. The van der Waals surface area contributed by atoms with Crippen LogP contribution in [0, 0.1) is 5.82 Å². The quantitative estimate of drug-likeness (QED) is 0.408. The summed E-state index contributed by atoms with van der Waals surface area (Å²) in [5.74, 6) is -0.0841. The molecule has 1 aliphatic rings. The average Bonchev–Trinajstić information content (AvgIpc) is 3.09. The van der Waals surface area contributed by atoms with Gasteiger partial charge in [0.2, 0.25) is 0 Å². The van der Waals surface area contributed by atoms with Crippen molar-refractivity contribution in [3.05, 3.63) is 106 Å². The Morgan fingerprint density at radius 3 is 2.29 bits per heavy atom. The van der Waals surface area contributed by atoms with E-state index in [1.807, 2.05) is 12.1 Å². The molecule has 1 aliphatic carbocycles. The molecule has 0 radical (unpaired) electrons. The van der Waals surface area contributed by atoms with Gasteiger partial charge in [0.15, 0.2) is 0 Å². The summed E-state index contributed by atoms with van der Waals surface area (Å²) in [7, 11) is 0. The predicted octanol–water partition coefficient (Wildman–Crippen LogP) is 6.29. The van der Waals surface area contributed by atoms with Crippen LogP contribution in [-0.2, 0) is 19.3 Å². The number of rotatable bonds is 7. The van der Waals surface area contributed by atoms with Crippen molar-refractivity contribution in [3.8, 4) is 0 Å². The number of carbonyl (C=O) groups is 1. The number of hydrogen-bond donors (Lipinski definition) is 2. The van der Waals surface area contributed by atoms with Crippen LogP contribution in [0.3, 0.4) is 0 Å². The minimum absolute atomic E-state index is 0.163. The van der Waals surface area contributed by atoms with Gasteiger partial charge in [-0.2, -0.15) is 0 Å². The van der Waals surface area contributed by atoms with E-state index >= 15 is 0 Å². The smallest absolute Gasteiger partial charge is 0.251 e. The molecule has 1 amide bonds. The Hall–Kier alpha value is -2.98. The molecule has 3 nitrogen and oxygen atoms in total. The molecule has 3 aromatic rings. The minimum atomic E-state index is -0.961. The molecular formula is C30H34FNO2. The van der Waals surface area contributed by atoms with Crippen molar-refractivity contribution in [2.45, 2.75) is 70.4 Å². The summed E-state index contributed by atoms with van der Waals surface area (Å²) in [6.45, 7) is 4.30. The molecule has 0 aromatic heterocycles. The van der Waals surface area contributed by atoms with Crippen LogP contribution in [0.15, 0.2) is 66.7 Å². The summed E-state index contributed by atoms with van der Waals surface area (Å²) >= 11 is 0. The molecule has 2 N–H and O–H groups in total. The Bertz CT molecular complexity index is 1110. The fourth-order valence-corrected chi connectivity index (χ4v) is 4.84. The highest BCUT2D eigenvalue weighted by Crippen LogP contribution is 2.26. The SMILES string of the molecule is CC(C)c1ccc(CC(NC(=O)c2cccc3c2CCCCC3)C(O)c2ccc(F)cc2)cc1. The highest BCUT2D eigenvalue weighted by molar-refractivity contribution is 5.96. The summed E-state index contributed by atoms with van der Waals surface area (Å²) in [5, 5.41) is 14.3. The number of hydrogen-bond acceptors (Lipinski definition) is 2. The molecule has 0 bridgehead atoms. The molecule has 0 spiro atoms. The van der Waals surface area contributed by atoms with Crippen molar-refractivity contribution in [1.29, 1.82) is 0 Å². The van der Waals surface area contributed by atoms with Gasteiger partial charge in [-0.1, -0.05) is 68.8 Å². The summed E-state index contributed by atoms with van der Waals surface area (Å²) in [6.07, 6.45) is 4.82. The van der Waals surface area contributed by atoms with Gasteiger partial charge in [0.05, 0.1) is 12.1 Å². The van der Waals surface area contributed by atoms with Crippen molar-refractivity contribution in [2.24, 2.45) is 0 Å². The van der Waals surface area contributed by atoms with E-state index < -0.39 is 12.1 Å². The third-order valence-corrected chi connectivity index (χ3v) is 6.90. The van der Waals surface area contributed by atoms with Gasteiger partial charge >= 0.3 is 0 Å². The third kappa shape index (κ3) is 5.74. The number of halogens is 1. The first kappa shape index (κ1) is 24.2. The van der Waals surface area contributed by atoms with E-state index in [4.69, 9.17) is 0 Å². The Labute approximate surface area is 202 Å². The molecule has 0 fully saturated rings. The van der Waals surface area contributed by atoms with Gasteiger partial charge in [0.25, 0.3) is 5.91 Å². The second kappa shape index (κ2) is 11.0. The van der Waals surface area contributed by atoms with Crippen molar-refractivity contribution < 1.29 is 14.3 Å². The van der Waals surface area contributed by atoms with E-state index in [0.29, 0.717) is 23.5 Å². The fourth-order valence-electron chi connectivity index (χ4n) is 4.84. The van der Waals surface area contributed by atoms with Crippen LogP contribution >= 0.6 is 0 Å². The fraction of sp³-hybridized carbons (Fsp3) is 0.367. The number of aryl methyl sites for hydroxylation is 1. The molecule has 0 heterocycles. The van der Waals surface area contributed by atoms with Crippen LogP contribution in [-0.4, -0.2) is 17.1 Å². The topological polar surface area (TPSA) is 49.3 Å². The monoisotopic (exact) mass is 459 g/mol. The zero-order valence-electron chi connectivity index (χ0n) is 20.1. The highest BCUT2D eigenvalue weighted by Gasteiger charge is 2.26. The number of aliphatic hydroxyl groups excluding tert-OH is 1. The van der Waals surface area contributed by atoms with Crippen LogP contribution in [0.1, 0.15) is 83.3 Å². The third-order valence-electron chi connectivity index (χ3n) is 6.90. The Morgan fingerprint density at radius 2 is 1.59 bits per heavy atom. The number of fused-ring (bicyclic) bond motifs is 1. The van der Waals surface area contributed by atoms with Crippen LogP contribution in [0.25, 0.3) is 0 Å². The van der Waals surface area contributed by atoms with Crippen LogP contribution in [0.4, 0.5) is 4.39 Å². The standard InChI is InChI=1S/C30H34FNO2/c1-20(2)22-13-11-21(12-14-22)19-28(29(33)24-15-17-25(31)18-16-24)32-30(34)27-10-6-8-23-7-4-3-5-9-26(23)27/h6,8,10-18,20,28-29,33H,3-5,7,9,19H2,1-2H3,(H,32,34). The van der Waals surface area contributed by atoms with Gasteiger partial charge < -0.3 is 10.4 Å². The van der Waals surface area contributed by atoms with Crippen molar-refractivity contribution >= 4 is 5.91 Å². The summed E-state index contributed by atoms with van der Waals surface area (Å²) in [6, 6.07) is 19.6. The largest absolute Gasteiger partial charge is 0.386 e. The lowest BCUT2D eigenvalue weighted by Crippen LogP contribution is -2.41. The van der Waals surface area contributed by atoms with E-state index in [1.165, 1.54) is 29.7 Å². The molecule has 3 aromatic carbocycles. The van der Waals surface area contributed by atoms with Crippen LogP contribution in [0.5, 0.6) is 0 Å². The maximum Gasteiger partial charge on any atom is 0.251 e. The van der Waals surface area contributed by atoms with Crippen molar-refractivity contribution in [1.82, 2.24) is 5.32 Å². The second-order valence-electron chi connectivity index (χ2n) is 9.68. The first-order valence-corrected chi connectivity index (χ1v) is 12.4. The number of nitrogens with one attached hydrogen (secondary N) is 1. The summed E-state index contributed by atoms with van der Waals surface area (Å²) < 4.78 is 13.5. The predicted molar refractivity (Wildman–Crippen MR) is 135 cm³/mol. The van der Waals surface area contributed by atoms with Crippen molar-refractivity contribution in [3.63, 3.8) is 0 Å². The van der Waals surface area contributed by atoms with Gasteiger partial charge in [-0.3, -0.25) is 4.79 Å². The zero-order chi connectivity index (χ0) is 24.1.